The molecule has 5 nitrogen and oxygen atoms in total. The van der Waals surface area contributed by atoms with Gasteiger partial charge in [-0.3, -0.25) is 9.36 Å². The van der Waals surface area contributed by atoms with Crippen molar-refractivity contribution in [1.29, 1.82) is 0 Å². The van der Waals surface area contributed by atoms with Crippen LogP contribution in [0.15, 0.2) is 12.4 Å². The van der Waals surface area contributed by atoms with E-state index in [9.17, 15) is 13.6 Å². The first kappa shape index (κ1) is 13.9. The fraction of sp³-hybridized carbons (Fsp3) is 0.667. The largest absolute Gasteiger partial charge is 0.337 e. The number of rotatable bonds is 4. The molecular formula is C12H18F2N4O. The fourth-order valence-corrected chi connectivity index (χ4v) is 2.53. The molecule has 19 heavy (non-hydrogen) atoms. The number of carbonyl (C=O) groups is 1. The standard InChI is InChI=1S/C12H18F2N4O/c1-17(10(19)12(15)4-2-3-5-12)8-9-16-6-7-18(9)11(13)14/h6-7,11H,2-5,8,15H2,1H3. The molecule has 1 aliphatic rings. The van der Waals surface area contributed by atoms with Crippen LogP contribution in [0.2, 0.25) is 0 Å². The minimum Gasteiger partial charge on any atom is -0.337 e. The molecule has 7 heteroatoms. The molecule has 1 aromatic heterocycles. The average molecular weight is 272 g/mol. The molecule has 0 atom stereocenters. The van der Waals surface area contributed by atoms with E-state index in [1.54, 1.807) is 7.05 Å². The molecule has 0 aromatic carbocycles. The molecule has 1 saturated carbocycles. The summed E-state index contributed by atoms with van der Waals surface area (Å²) >= 11 is 0. The predicted molar refractivity (Wildman–Crippen MR) is 65.3 cm³/mol. The molecule has 1 heterocycles. The summed E-state index contributed by atoms with van der Waals surface area (Å²) < 4.78 is 26.1. The molecule has 0 spiro atoms. The Morgan fingerprint density at radius 1 is 1.58 bits per heavy atom. The van der Waals surface area contributed by atoms with Crippen molar-refractivity contribution in [3.63, 3.8) is 0 Å². The summed E-state index contributed by atoms with van der Waals surface area (Å²) in [7, 11) is 1.57. The van der Waals surface area contributed by atoms with Crippen LogP contribution >= 0.6 is 0 Å². The van der Waals surface area contributed by atoms with Crippen LogP contribution < -0.4 is 5.73 Å². The van der Waals surface area contributed by atoms with Crippen molar-refractivity contribution in [3.05, 3.63) is 18.2 Å². The van der Waals surface area contributed by atoms with Crippen molar-refractivity contribution in [2.45, 2.75) is 44.3 Å². The number of hydrogen-bond acceptors (Lipinski definition) is 3. The van der Waals surface area contributed by atoms with Gasteiger partial charge in [-0.2, -0.15) is 8.78 Å². The van der Waals surface area contributed by atoms with Gasteiger partial charge in [-0.05, 0) is 12.8 Å². The predicted octanol–water partition coefficient (Wildman–Crippen LogP) is 1.51. The topological polar surface area (TPSA) is 64.2 Å². The highest BCUT2D eigenvalue weighted by Gasteiger charge is 2.39. The third-order valence-corrected chi connectivity index (χ3v) is 3.61. The van der Waals surface area contributed by atoms with Gasteiger partial charge in [-0.15, -0.1) is 0 Å². The first-order chi connectivity index (χ1) is 8.94. The average Bonchev–Trinajstić information content (AvgIpc) is 2.98. The minimum absolute atomic E-state index is 0.0368. The summed E-state index contributed by atoms with van der Waals surface area (Å²) in [5.41, 5.74) is 5.23. The Kier molecular flexibility index (Phi) is 3.84. The molecule has 0 radical (unpaired) electrons. The molecule has 0 unspecified atom stereocenters. The number of likely N-dealkylation sites (N-methyl/N-ethyl adjacent to an activating group) is 1. The van der Waals surface area contributed by atoms with E-state index >= 15 is 0 Å². The van der Waals surface area contributed by atoms with E-state index in [1.807, 2.05) is 0 Å². The molecule has 1 amide bonds. The van der Waals surface area contributed by atoms with Gasteiger partial charge in [0.15, 0.2) is 0 Å². The summed E-state index contributed by atoms with van der Waals surface area (Å²) in [6.45, 7) is -2.62. The van der Waals surface area contributed by atoms with Crippen molar-refractivity contribution < 1.29 is 13.6 Å². The number of nitrogens with zero attached hydrogens (tertiary/aromatic N) is 3. The monoisotopic (exact) mass is 272 g/mol. The Morgan fingerprint density at radius 3 is 2.79 bits per heavy atom. The molecule has 0 aliphatic heterocycles. The highest BCUT2D eigenvalue weighted by atomic mass is 19.3. The number of carbonyl (C=O) groups excluding carboxylic acids is 1. The summed E-state index contributed by atoms with van der Waals surface area (Å²) in [6.07, 6.45) is 5.67. The molecule has 1 aromatic rings. The van der Waals surface area contributed by atoms with E-state index in [2.05, 4.69) is 4.98 Å². The van der Waals surface area contributed by atoms with Gasteiger partial charge in [0.1, 0.15) is 5.82 Å². The minimum atomic E-state index is -2.65. The van der Waals surface area contributed by atoms with Crippen LogP contribution in [-0.4, -0.2) is 32.9 Å². The number of hydrogen-bond donors (Lipinski definition) is 1. The fourth-order valence-electron chi connectivity index (χ4n) is 2.53. The van der Waals surface area contributed by atoms with E-state index in [0.717, 1.165) is 17.4 Å². The lowest BCUT2D eigenvalue weighted by atomic mass is 9.97. The van der Waals surface area contributed by atoms with Crippen molar-refractivity contribution in [1.82, 2.24) is 14.5 Å². The van der Waals surface area contributed by atoms with E-state index in [1.165, 1.54) is 17.3 Å². The van der Waals surface area contributed by atoms with Crippen LogP contribution in [0.4, 0.5) is 8.78 Å². The SMILES string of the molecule is CN(Cc1nccn1C(F)F)C(=O)C1(N)CCCC1. The van der Waals surface area contributed by atoms with Gasteiger partial charge in [0.2, 0.25) is 5.91 Å². The summed E-state index contributed by atoms with van der Waals surface area (Å²) in [5.74, 6) is -0.0405. The molecule has 1 fully saturated rings. The maximum absolute atomic E-state index is 12.7. The molecule has 2 rings (SSSR count). The van der Waals surface area contributed by atoms with Crippen LogP contribution in [-0.2, 0) is 11.3 Å². The third-order valence-electron chi connectivity index (χ3n) is 3.61. The van der Waals surface area contributed by atoms with Gasteiger partial charge in [0.25, 0.3) is 0 Å². The molecular weight excluding hydrogens is 254 g/mol. The summed E-state index contributed by atoms with van der Waals surface area (Å²) in [6, 6.07) is 0. The third kappa shape index (κ3) is 2.75. The van der Waals surface area contributed by atoms with E-state index in [-0.39, 0.29) is 18.3 Å². The molecule has 0 bridgehead atoms. The highest BCUT2D eigenvalue weighted by molar-refractivity contribution is 5.86. The zero-order valence-electron chi connectivity index (χ0n) is 10.9. The Morgan fingerprint density at radius 2 is 2.21 bits per heavy atom. The Balaban J connectivity index is 2.06. The normalized spacial score (nSPS) is 17.9. The lowest BCUT2D eigenvalue weighted by Gasteiger charge is -2.28. The molecule has 1 aliphatic carbocycles. The number of alkyl halides is 2. The second kappa shape index (κ2) is 5.24. The van der Waals surface area contributed by atoms with E-state index < -0.39 is 12.1 Å². The van der Waals surface area contributed by atoms with Gasteiger partial charge in [0.05, 0.1) is 12.1 Å². The van der Waals surface area contributed by atoms with E-state index in [4.69, 9.17) is 5.73 Å². The maximum atomic E-state index is 12.7. The van der Waals surface area contributed by atoms with Gasteiger partial charge in [-0.1, -0.05) is 12.8 Å². The summed E-state index contributed by atoms with van der Waals surface area (Å²) in [4.78, 5) is 17.5. The number of halogens is 2. The van der Waals surface area contributed by atoms with Gasteiger partial charge >= 0.3 is 6.55 Å². The van der Waals surface area contributed by atoms with Crippen LogP contribution in [0.1, 0.15) is 38.1 Å². The van der Waals surface area contributed by atoms with Crippen LogP contribution in [0, 0.1) is 0 Å². The summed E-state index contributed by atoms with van der Waals surface area (Å²) in [5, 5.41) is 0. The lowest BCUT2D eigenvalue weighted by molar-refractivity contribution is -0.136. The van der Waals surface area contributed by atoms with Crippen molar-refractivity contribution in [2.75, 3.05) is 7.05 Å². The molecule has 0 saturated heterocycles. The van der Waals surface area contributed by atoms with Crippen molar-refractivity contribution in [3.8, 4) is 0 Å². The molecule has 106 valence electrons. The maximum Gasteiger partial charge on any atom is 0.319 e. The lowest BCUT2D eigenvalue weighted by Crippen LogP contribution is -2.52. The van der Waals surface area contributed by atoms with E-state index in [0.29, 0.717) is 12.8 Å². The van der Waals surface area contributed by atoms with Crippen LogP contribution in [0.3, 0.4) is 0 Å². The highest BCUT2D eigenvalue weighted by Crippen LogP contribution is 2.29. The Hall–Kier alpha value is -1.50. The van der Waals surface area contributed by atoms with Crippen LogP contribution in [0.25, 0.3) is 0 Å². The van der Waals surface area contributed by atoms with Gasteiger partial charge in [0, 0.05) is 19.4 Å². The zero-order chi connectivity index (χ0) is 14.0. The quantitative estimate of drug-likeness (QED) is 0.903. The Bertz CT molecular complexity index is 454. The number of amides is 1. The first-order valence-corrected chi connectivity index (χ1v) is 6.28. The second-order valence-corrected chi connectivity index (χ2v) is 5.05. The molecule has 2 N–H and O–H groups in total. The van der Waals surface area contributed by atoms with Crippen molar-refractivity contribution >= 4 is 5.91 Å². The van der Waals surface area contributed by atoms with Gasteiger partial charge < -0.3 is 10.6 Å². The Labute approximate surface area is 110 Å². The van der Waals surface area contributed by atoms with Crippen molar-refractivity contribution in [2.24, 2.45) is 5.73 Å². The first-order valence-electron chi connectivity index (χ1n) is 6.28. The number of nitrogens with two attached hydrogens (primary N) is 1. The smallest absolute Gasteiger partial charge is 0.319 e. The van der Waals surface area contributed by atoms with Crippen LogP contribution in [0.5, 0.6) is 0 Å². The van der Waals surface area contributed by atoms with Gasteiger partial charge in [-0.25, -0.2) is 4.98 Å². The number of aromatic nitrogens is 2. The number of imidazole rings is 1. The zero-order valence-corrected chi connectivity index (χ0v) is 10.9. The second-order valence-electron chi connectivity index (χ2n) is 5.05.